The van der Waals surface area contributed by atoms with Gasteiger partial charge in [-0.1, -0.05) is 13.0 Å². The van der Waals surface area contributed by atoms with Crippen LogP contribution in [-0.4, -0.2) is 5.38 Å². The van der Waals surface area contributed by atoms with Gasteiger partial charge in [0.25, 0.3) is 0 Å². The summed E-state index contributed by atoms with van der Waals surface area (Å²) in [5.41, 5.74) is -0.779. The first kappa shape index (κ1) is 13.3. The molecule has 0 aliphatic rings. The fourth-order valence-corrected chi connectivity index (χ4v) is 1.46. The molecule has 0 radical (unpaired) electrons. The van der Waals surface area contributed by atoms with E-state index in [1.165, 1.54) is 6.07 Å². The van der Waals surface area contributed by atoms with E-state index in [1.54, 1.807) is 13.8 Å². The summed E-state index contributed by atoms with van der Waals surface area (Å²) in [6, 6.07) is 2.91. The Morgan fingerprint density at radius 2 is 1.75 bits per heavy atom. The summed E-state index contributed by atoms with van der Waals surface area (Å²) in [4.78, 5) is 0. The standard InChI is InChI=1S/C11H11ClF4/c1-6(7(2)12)8-3-4-9(10(13)5-8)11(14,15)16/h3-7H,1-2H3. The molecule has 0 saturated heterocycles. The molecule has 0 fully saturated rings. The maximum atomic E-state index is 13.2. The highest BCUT2D eigenvalue weighted by molar-refractivity contribution is 6.20. The van der Waals surface area contributed by atoms with Crippen molar-refractivity contribution >= 4 is 11.6 Å². The van der Waals surface area contributed by atoms with Gasteiger partial charge in [0.2, 0.25) is 0 Å². The van der Waals surface area contributed by atoms with Gasteiger partial charge in [0, 0.05) is 5.38 Å². The lowest BCUT2D eigenvalue weighted by Gasteiger charge is -2.16. The highest BCUT2D eigenvalue weighted by Gasteiger charge is 2.34. The smallest absolute Gasteiger partial charge is 0.206 e. The van der Waals surface area contributed by atoms with Crippen LogP contribution in [0.2, 0.25) is 0 Å². The highest BCUT2D eigenvalue weighted by Crippen LogP contribution is 2.33. The molecule has 0 saturated carbocycles. The topological polar surface area (TPSA) is 0 Å². The molecular formula is C11H11ClF4. The van der Waals surface area contributed by atoms with Gasteiger partial charge in [-0.2, -0.15) is 13.2 Å². The Balaban J connectivity index is 3.09. The van der Waals surface area contributed by atoms with Gasteiger partial charge in [-0.3, -0.25) is 0 Å². The van der Waals surface area contributed by atoms with Crippen LogP contribution in [0.4, 0.5) is 17.6 Å². The number of rotatable bonds is 2. The van der Waals surface area contributed by atoms with Crippen LogP contribution in [0.5, 0.6) is 0 Å². The first-order valence-electron chi connectivity index (χ1n) is 4.74. The van der Waals surface area contributed by atoms with E-state index in [-0.39, 0.29) is 11.3 Å². The van der Waals surface area contributed by atoms with Crippen LogP contribution in [0, 0.1) is 5.82 Å². The number of halogens is 5. The second-order valence-corrected chi connectivity index (χ2v) is 4.39. The molecule has 0 heterocycles. The van der Waals surface area contributed by atoms with E-state index in [9.17, 15) is 17.6 Å². The van der Waals surface area contributed by atoms with Gasteiger partial charge in [-0.25, -0.2) is 4.39 Å². The van der Waals surface area contributed by atoms with Gasteiger partial charge in [0.15, 0.2) is 0 Å². The summed E-state index contributed by atoms with van der Waals surface area (Å²) >= 11 is 5.80. The molecule has 1 aromatic carbocycles. The van der Waals surface area contributed by atoms with E-state index in [4.69, 9.17) is 11.6 Å². The van der Waals surface area contributed by atoms with E-state index in [0.29, 0.717) is 5.56 Å². The van der Waals surface area contributed by atoms with Gasteiger partial charge < -0.3 is 0 Å². The second kappa shape index (κ2) is 4.62. The molecule has 0 nitrogen and oxygen atoms in total. The maximum Gasteiger partial charge on any atom is 0.419 e. The Morgan fingerprint density at radius 3 is 2.12 bits per heavy atom. The number of hydrogen-bond donors (Lipinski definition) is 0. The quantitative estimate of drug-likeness (QED) is 0.535. The van der Waals surface area contributed by atoms with Crippen molar-refractivity contribution in [3.05, 3.63) is 35.1 Å². The number of alkyl halides is 4. The third-order valence-corrected chi connectivity index (χ3v) is 2.89. The summed E-state index contributed by atoms with van der Waals surface area (Å²) in [6.45, 7) is 3.45. The molecule has 0 aromatic heterocycles. The normalized spacial score (nSPS) is 15.9. The first-order valence-corrected chi connectivity index (χ1v) is 5.18. The van der Waals surface area contributed by atoms with Crippen LogP contribution in [0.1, 0.15) is 30.9 Å². The van der Waals surface area contributed by atoms with Crippen molar-refractivity contribution in [2.45, 2.75) is 31.3 Å². The average molecular weight is 255 g/mol. The summed E-state index contributed by atoms with van der Waals surface area (Å²) < 4.78 is 50.0. The Labute approximate surface area is 96.2 Å². The van der Waals surface area contributed by atoms with E-state index < -0.39 is 17.6 Å². The van der Waals surface area contributed by atoms with Gasteiger partial charge in [-0.05, 0) is 30.5 Å². The van der Waals surface area contributed by atoms with Gasteiger partial charge >= 0.3 is 6.18 Å². The van der Waals surface area contributed by atoms with Gasteiger partial charge in [-0.15, -0.1) is 11.6 Å². The summed E-state index contributed by atoms with van der Waals surface area (Å²) in [7, 11) is 0. The highest BCUT2D eigenvalue weighted by atomic mass is 35.5. The fourth-order valence-electron chi connectivity index (χ4n) is 1.31. The largest absolute Gasteiger partial charge is 0.419 e. The van der Waals surface area contributed by atoms with Crippen LogP contribution < -0.4 is 0 Å². The molecule has 0 aliphatic carbocycles. The molecule has 1 rings (SSSR count). The van der Waals surface area contributed by atoms with E-state index in [0.717, 1.165) is 12.1 Å². The summed E-state index contributed by atoms with van der Waals surface area (Å²) in [5.74, 6) is -1.45. The van der Waals surface area contributed by atoms with E-state index >= 15 is 0 Å². The van der Waals surface area contributed by atoms with Crippen molar-refractivity contribution in [3.8, 4) is 0 Å². The lowest BCUT2D eigenvalue weighted by atomic mass is 9.97. The molecule has 2 unspecified atom stereocenters. The molecule has 2 atom stereocenters. The number of hydrogen-bond acceptors (Lipinski definition) is 0. The van der Waals surface area contributed by atoms with E-state index in [2.05, 4.69) is 0 Å². The molecular weight excluding hydrogens is 244 g/mol. The van der Waals surface area contributed by atoms with Crippen LogP contribution in [0.3, 0.4) is 0 Å². The van der Waals surface area contributed by atoms with Crippen LogP contribution in [-0.2, 0) is 6.18 Å². The molecule has 0 spiro atoms. The monoisotopic (exact) mass is 254 g/mol. The van der Waals surface area contributed by atoms with Crippen molar-refractivity contribution in [1.29, 1.82) is 0 Å². The molecule has 0 bridgehead atoms. The lowest BCUT2D eigenvalue weighted by molar-refractivity contribution is -0.140. The maximum absolute atomic E-state index is 13.2. The van der Waals surface area contributed by atoms with Gasteiger partial charge in [0.05, 0.1) is 5.56 Å². The summed E-state index contributed by atoms with van der Waals surface area (Å²) in [5, 5.41) is -0.267. The Kier molecular flexibility index (Phi) is 3.84. The zero-order chi connectivity index (χ0) is 12.5. The minimum Gasteiger partial charge on any atom is -0.206 e. The van der Waals surface area contributed by atoms with Gasteiger partial charge in [0.1, 0.15) is 5.82 Å². The minimum atomic E-state index is -4.65. The van der Waals surface area contributed by atoms with Crippen molar-refractivity contribution in [2.75, 3.05) is 0 Å². The van der Waals surface area contributed by atoms with Crippen molar-refractivity contribution in [3.63, 3.8) is 0 Å². The zero-order valence-corrected chi connectivity index (χ0v) is 9.53. The Morgan fingerprint density at radius 1 is 1.19 bits per heavy atom. The lowest BCUT2D eigenvalue weighted by Crippen LogP contribution is -2.10. The van der Waals surface area contributed by atoms with Crippen molar-refractivity contribution < 1.29 is 17.6 Å². The number of benzene rings is 1. The van der Waals surface area contributed by atoms with Crippen LogP contribution in [0.25, 0.3) is 0 Å². The molecule has 0 aliphatic heterocycles. The van der Waals surface area contributed by atoms with E-state index in [1.807, 2.05) is 0 Å². The average Bonchev–Trinajstić information content (AvgIpc) is 2.14. The van der Waals surface area contributed by atoms with Crippen molar-refractivity contribution in [2.24, 2.45) is 0 Å². The van der Waals surface area contributed by atoms with Crippen LogP contribution in [0.15, 0.2) is 18.2 Å². The Hall–Kier alpha value is -0.770. The SMILES string of the molecule is CC(Cl)C(C)c1ccc(C(F)(F)F)c(F)c1. The Bertz CT molecular complexity index is 371. The third kappa shape index (κ3) is 2.88. The summed E-state index contributed by atoms with van der Waals surface area (Å²) in [6.07, 6.45) is -4.65. The first-order chi connectivity index (χ1) is 7.23. The molecule has 1 aromatic rings. The fraction of sp³-hybridized carbons (Fsp3) is 0.455. The molecule has 0 amide bonds. The van der Waals surface area contributed by atoms with Crippen LogP contribution >= 0.6 is 11.6 Å². The molecule has 16 heavy (non-hydrogen) atoms. The second-order valence-electron chi connectivity index (χ2n) is 3.70. The predicted molar refractivity (Wildman–Crippen MR) is 55.1 cm³/mol. The predicted octanol–water partition coefficient (Wildman–Crippen LogP) is 4.58. The minimum absolute atomic E-state index is 0.196. The van der Waals surface area contributed by atoms with Crippen molar-refractivity contribution in [1.82, 2.24) is 0 Å². The molecule has 5 heteroatoms. The molecule has 90 valence electrons. The third-order valence-electron chi connectivity index (χ3n) is 2.51. The molecule has 0 N–H and O–H groups in total. The zero-order valence-electron chi connectivity index (χ0n) is 8.78.